The lowest BCUT2D eigenvalue weighted by atomic mass is 10.1. The molecule has 0 aliphatic heterocycles. The van der Waals surface area contributed by atoms with Crippen molar-refractivity contribution in [1.82, 2.24) is 0 Å². The molecule has 2 aromatic carbocycles. The summed E-state index contributed by atoms with van der Waals surface area (Å²) in [5.41, 5.74) is 0.316. The number of hydrogen-bond donors (Lipinski definition) is 4. The zero-order valence-corrected chi connectivity index (χ0v) is 12.2. The first kappa shape index (κ1) is 12.7. The van der Waals surface area contributed by atoms with Gasteiger partial charge in [-0.1, -0.05) is 0 Å². The first-order valence-corrected chi connectivity index (χ1v) is 6.18. The van der Waals surface area contributed by atoms with Crippen LogP contribution in [0.1, 0.15) is 4.11 Å². The zero-order chi connectivity index (χ0) is 18.4. The van der Waals surface area contributed by atoms with Gasteiger partial charge in [-0.15, -0.1) is 0 Å². The minimum Gasteiger partial charge on any atom is -1.00 e. The average Bonchev–Trinajstić information content (AvgIpc) is 2.48. The van der Waals surface area contributed by atoms with E-state index in [-0.39, 0.29) is 57.7 Å². The van der Waals surface area contributed by atoms with Gasteiger partial charge in [0.25, 0.3) is 0 Å². The van der Waals surface area contributed by atoms with Crippen LogP contribution in [0.3, 0.4) is 0 Å². The predicted octanol–water partition coefficient (Wildman–Crippen LogP) is 0.216. The van der Waals surface area contributed by atoms with E-state index in [1.807, 2.05) is 0 Å². The van der Waals surface area contributed by atoms with Crippen molar-refractivity contribution >= 4 is 11.0 Å². The lowest BCUT2D eigenvalue weighted by molar-refractivity contribution is -0.00000907. The summed E-state index contributed by atoms with van der Waals surface area (Å²) in [6.45, 7) is 0. The monoisotopic (exact) mass is 339 g/mol. The average molecular weight is 340 g/mol. The van der Waals surface area contributed by atoms with Crippen LogP contribution >= 0.6 is 0 Å². The van der Waals surface area contributed by atoms with Crippen molar-refractivity contribution in [3.63, 3.8) is 0 Å². The van der Waals surface area contributed by atoms with Gasteiger partial charge in [0.1, 0.15) is 16.9 Å². The van der Waals surface area contributed by atoms with E-state index in [1.54, 1.807) is 0 Å². The number of ether oxygens (including phenoxy) is 1. The van der Waals surface area contributed by atoms with E-state index in [0.29, 0.717) is 0 Å². The van der Waals surface area contributed by atoms with E-state index in [0.717, 1.165) is 6.07 Å². The van der Waals surface area contributed by atoms with Crippen molar-refractivity contribution in [2.45, 2.75) is 0 Å². The van der Waals surface area contributed by atoms with Crippen LogP contribution in [-0.2, 0) is 0 Å². The van der Waals surface area contributed by atoms with Gasteiger partial charge in [-0.25, -0.2) is 4.42 Å². The third-order valence-corrected chi connectivity index (χ3v) is 3.16. The van der Waals surface area contributed by atoms with E-state index < -0.39 is 12.8 Å². The SMILES string of the molecule is [2H]C([2H])([2H])Oc1cc(-c2[o+]c3cc(O)cc(O)c3cc2O)ccc1O.[Cl-]. The summed E-state index contributed by atoms with van der Waals surface area (Å²) in [4.78, 5) is 0. The number of fused-ring (bicyclic) bond motifs is 1. The molecule has 3 aromatic rings. The maximum Gasteiger partial charge on any atom is 0.402 e. The largest absolute Gasteiger partial charge is 1.00 e. The summed E-state index contributed by atoms with van der Waals surface area (Å²) in [5, 5.41) is 39.4. The molecule has 6 nitrogen and oxygen atoms in total. The standard InChI is InChI=1S/C16H12O6.ClH/c1-21-15-4-8(2-3-11(15)18)16-13(20)7-10-12(19)5-9(17)6-14(10)22-16;/h2-7H,1H3,(H3-,17,18,19,20);1H/i1D3;. The summed E-state index contributed by atoms with van der Waals surface area (Å²) >= 11 is 0. The molecule has 4 N–H and O–H groups in total. The van der Waals surface area contributed by atoms with Crippen molar-refractivity contribution in [2.75, 3.05) is 7.04 Å². The molecule has 0 fully saturated rings. The molecule has 0 radical (unpaired) electrons. The fraction of sp³-hybridized carbons (Fsp3) is 0.0625. The molecule has 0 saturated carbocycles. The molecule has 1 aromatic heterocycles. The van der Waals surface area contributed by atoms with Gasteiger partial charge in [-0.05, 0) is 12.1 Å². The van der Waals surface area contributed by atoms with E-state index in [4.69, 9.17) is 13.3 Å². The maximum absolute atomic E-state index is 10.2. The van der Waals surface area contributed by atoms with Gasteiger partial charge in [0, 0.05) is 18.2 Å². The molecule has 7 heteroatoms. The van der Waals surface area contributed by atoms with Gasteiger partial charge < -0.3 is 37.6 Å². The van der Waals surface area contributed by atoms with Gasteiger partial charge in [0.2, 0.25) is 5.75 Å². The Kier molecular flexibility index (Phi) is 3.36. The number of halogens is 1. The molecular weight excluding hydrogens is 324 g/mol. The molecule has 0 aliphatic carbocycles. The molecule has 0 atom stereocenters. The summed E-state index contributed by atoms with van der Waals surface area (Å²) in [7, 11) is -2.77. The predicted molar refractivity (Wildman–Crippen MR) is 79.3 cm³/mol. The highest BCUT2D eigenvalue weighted by Gasteiger charge is 2.24. The Morgan fingerprint density at radius 2 is 1.74 bits per heavy atom. The molecule has 0 bridgehead atoms. The van der Waals surface area contributed by atoms with Crippen molar-refractivity contribution in [2.24, 2.45) is 0 Å². The number of phenolic OH excluding ortho intramolecular Hbond substituents is 3. The lowest BCUT2D eigenvalue weighted by Gasteiger charge is -2.04. The minimum atomic E-state index is -2.77. The molecule has 0 unspecified atom stereocenters. The Balaban J connectivity index is 0.00000243. The number of aromatic hydroxyl groups is 4. The molecular formula is C16H13ClO6. The van der Waals surface area contributed by atoms with Crippen LogP contribution in [0.25, 0.3) is 22.3 Å². The van der Waals surface area contributed by atoms with Gasteiger partial charge in [-0.2, -0.15) is 0 Å². The molecule has 0 saturated heterocycles. The Morgan fingerprint density at radius 3 is 2.48 bits per heavy atom. The van der Waals surface area contributed by atoms with E-state index in [2.05, 4.69) is 0 Å². The molecule has 0 amide bonds. The zero-order valence-electron chi connectivity index (χ0n) is 14.4. The quantitative estimate of drug-likeness (QED) is 0.498. The van der Waals surface area contributed by atoms with Crippen molar-refractivity contribution < 1.29 is 46.1 Å². The van der Waals surface area contributed by atoms with Crippen LogP contribution in [0.15, 0.2) is 40.8 Å². The molecule has 23 heavy (non-hydrogen) atoms. The Labute approximate surface area is 141 Å². The normalized spacial score (nSPS) is 12.8. The van der Waals surface area contributed by atoms with Crippen LogP contribution in [0, 0.1) is 0 Å². The number of benzene rings is 2. The fourth-order valence-corrected chi connectivity index (χ4v) is 2.14. The number of methoxy groups -OCH3 is 1. The topological polar surface area (TPSA) is 101 Å². The molecule has 120 valence electrons. The summed E-state index contributed by atoms with van der Waals surface area (Å²) in [5.74, 6) is -1.62. The smallest absolute Gasteiger partial charge is 0.402 e. The van der Waals surface area contributed by atoms with Gasteiger partial charge in [0.15, 0.2) is 11.5 Å². The Bertz CT molecular complexity index is 974. The fourth-order valence-electron chi connectivity index (χ4n) is 2.14. The van der Waals surface area contributed by atoms with Crippen molar-refractivity contribution in [1.29, 1.82) is 0 Å². The summed E-state index contributed by atoms with van der Waals surface area (Å²) < 4.78 is 31.6. The van der Waals surface area contributed by atoms with Gasteiger partial charge in [-0.3, -0.25) is 0 Å². The Hall–Kier alpha value is -2.86. The van der Waals surface area contributed by atoms with Crippen LogP contribution < -0.4 is 17.1 Å². The third kappa shape index (κ3) is 2.89. The minimum absolute atomic E-state index is 0. The molecule has 0 spiro atoms. The van der Waals surface area contributed by atoms with E-state index in [1.165, 1.54) is 30.3 Å². The first-order chi connectivity index (χ1) is 11.6. The number of hydrogen-bond acceptors (Lipinski definition) is 5. The first-order valence-electron chi connectivity index (χ1n) is 7.68. The highest BCUT2D eigenvalue weighted by molar-refractivity contribution is 5.88. The molecule has 3 rings (SSSR count). The van der Waals surface area contributed by atoms with Crippen LogP contribution in [0.2, 0.25) is 0 Å². The van der Waals surface area contributed by atoms with E-state index >= 15 is 0 Å². The van der Waals surface area contributed by atoms with Crippen LogP contribution in [0.5, 0.6) is 28.7 Å². The molecule has 0 aliphatic rings. The summed E-state index contributed by atoms with van der Waals surface area (Å²) in [6, 6.07) is 7.34. The molecule has 1 heterocycles. The highest BCUT2D eigenvalue weighted by Crippen LogP contribution is 2.40. The van der Waals surface area contributed by atoms with Crippen molar-refractivity contribution in [3.8, 4) is 40.1 Å². The second-order valence-electron chi connectivity index (χ2n) is 4.62. The van der Waals surface area contributed by atoms with E-state index in [9.17, 15) is 20.4 Å². The maximum atomic E-state index is 10.2. The van der Waals surface area contributed by atoms with Gasteiger partial charge in [0.05, 0.1) is 22.8 Å². The van der Waals surface area contributed by atoms with Crippen LogP contribution in [0.4, 0.5) is 0 Å². The second-order valence-corrected chi connectivity index (χ2v) is 4.62. The lowest BCUT2D eigenvalue weighted by Crippen LogP contribution is -3.00. The van der Waals surface area contributed by atoms with Crippen LogP contribution in [-0.4, -0.2) is 27.5 Å². The highest BCUT2D eigenvalue weighted by atomic mass is 35.5. The third-order valence-electron chi connectivity index (χ3n) is 3.16. The van der Waals surface area contributed by atoms with Crippen molar-refractivity contribution in [3.05, 3.63) is 36.4 Å². The number of phenols is 3. The second kappa shape index (κ2) is 6.10. The number of rotatable bonds is 2. The van der Waals surface area contributed by atoms with Gasteiger partial charge >= 0.3 is 11.3 Å². The summed E-state index contributed by atoms with van der Waals surface area (Å²) in [6.07, 6.45) is 0. The Morgan fingerprint density at radius 1 is 0.957 bits per heavy atom.